The number of hydrogen-bond donors (Lipinski definition) is 1. The highest BCUT2D eigenvalue weighted by Crippen LogP contribution is 2.43. The van der Waals surface area contributed by atoms with Crippen molar-refractivity contribution in [3.8, 4) is 23.0 Å². The smallest absolute Gasteiger partial charge is 0.231 e. The summed E-state index contributed by atoms with van der Waals surface area (Å²) in [6.07, 6.45) is 4.28. The molecule has 2 aromatic rings. The highest BCUT2D eigenvalue weighted by molar-refractivity contribution is 5.83. The van der Waals surface area contributed by atoms with Gasteiger partial charge in [0.05, 0.1) is 24.9 Å². The Morgan fingerprint density at radius 1 is 1.00 bits per heavy atom. The number of quaternary nitrogens is 1. The summed E-state index contributed by atoms with van der Waals surface area (Å²) < 4.78 is 28.3. The summed E-state index contributed by atoms with van der Waals surface area (Å²) in [5.41, 5.74) is 3.45. The molecule has 2 aromatic carbocycles. The van der Waals surface area contributed by atoms with E-state index in [0.717, 1.165) is 50.3 Å². The van der Waals surface area contributed by atoms with Crippen LogP contribution in [0.2, 0.25) is 0 Å². The second-order valence-corrected chi connectivity index (χ2v) is 7.04. The van der Waals surface area contributed by atoms with Gasteiger partial charge in [-0.1, -0.05) is 0 Å². The lowest BCUT2D eigenvalue weighted by Crippen LogP contribution is -3.06. The molecule has 0 spiro atoms. The van der Waals surface area contributed by atoms with Crippen molar-refractivity contribution in [1.29, 1.82) is 0 Å². The average molecular weight is 364 g/mol. The number of rotatable bonds is 1. The summed E-state index contributed by atoms with van der Waals surface area (Å²) in [6.45, 7) is 0.526. The van der Waals surface area contributed by atoms with Crippen LogP contribution in [0.1, 0.15) is 17.2 Å². The van der Waals surface area contributed by atoms with Gasteiger partial charge in [-0.3, -0.25) is 0 Å². The normalized spacial score (nSPS) is 23.0. The van der Waals surface area contributed by atoms with E-state index in [0.29, 0.717) is 0 Å². The van der Waals surface area contributed by atoms with Gasteiger partial charge >= 0.3 is 0 Å². The fourth-order valence-electron chi connectivity index (χ4n) is 4.48. The summed E-state index contributed by atoms with van der Waals surface area (Å²) >= 11 is 0. The Bertz CT molecular complexity index is 1150. The molecule has 0 saturated heterocycles. The molecule has 0 fully saturated rings. The molecule has 3 aliphatic heterocycles. The van der Waals surface area contributed by atoms with E-state index in [4.69, 9.17) is 23.7 Å². The first-order chi connectivity index (χ1) is 13.2. The zero-order chi connectivity index (χ0) is 18.1. The zero-order valence-electron chi connectivity index (χ0n) is 15.0. The van der Waals surface area contributed by atoms with Crippen LogP contribution >= 0.6 is 0 Å². The molecule has 136 valence electrons. The van der Waals surface area contributed by atoms with Crippen LogP contribution in [0.15, 0.2) is 30.0 Å². The summed E-state index contributed by atoms with van der Waals surface area (Å²) in [5, 5.41) is 2.17. The fourth-order valence-corrected chi connectivity index (χ4v) is 4.48. The van der Waals surface area contributed by atoms with E-state index in [1.54, 1.807) is 7.11 Å². The third-order valence-electron chi connectivity index (χ3n) is 5.65. The topological polar surface area (TPSA) is 50.6 Å². The standard InChI is InChI=1S/C21H17NO5/c1-22-8-14-12(3-4-15-21(14)27-10-24-15)19-18(23-2)6-11-5-16-17(26-9-25-16)7-13(11)20(19)22/h3-8,20H,9-10H2,1-2H3/p+1. The molecule has 0 amide bonds. The first-order valence-corrected chi connectivity index (χ1v) is 8.92. The SMILES string of the molecule is COC1=Cc2cc3c(cc2C2C1=c1ccc4c(c1=C[NH+]2C)OCO4)OCO3. The minimum absolute atomic E-state index is 0.0994. The van der Waals surface area contributed by atoms with Gasteiger partial charge in [0.1, 0.15) is 18.0 Å². The molecule has 0 radical (unpaired) electrons. The summed E-state index contributed by atoms with van der Waals surface area (Å²) in [6, 6.07) is 8.31. The molecule has 2 unspecified atom stereocenters. The molecule has 27 heavy (non-hydrogen) atoms. The summed E-state index contributed by atoms with van der Waals surface area (Å²) in [7, 11) is 3.87. The van der Waals surface area contributed by atoms with Crippen molar-refractivity contribution >= 4 is 17.8 Å². The average Bonchev–Trinajstić information content (AvgIpc) is 3.34. The third-order valence-corrected chi connectivity index (χ3v) is 5.65. The highest BCUT2D eigenvalue weighted by atomic mass is 16.7. The van der Waals surface area contributed by atoms with Crippen LogP contribution in [0.3, 0.4) is 0 Å². The van der Waals surface area contributed by atoms with Gasteiger partial charge in [-0.05, 0) is 35.9 Å². The molecule has 4 aliphatic rings. The fraction of sp³-hybridized carbons (Fsp3) is 0.238. The van der Waals surface area contributed by atoms with E-state index < -0.39 is 0 Å². The van der Waals surface area contributed by atoms with Gasteiger partial charge < -0.3 is 28.6 Å². The number of nitrogens with one attached hydrogen (secondary N) is 1. The van der Waals surface area contributed by atoms with Crippen molar-refractivity contribution in [2.45, 2.75) is 6.04 Å². The first-order valence-electron chi connectivity index (χ1n) is 8.92. The van der Waals surface area contributed by atoms with Crippen molar-refractivity contribution in [2.75, 3.05) is 27.7 Å². The predicted molar refractivity (Wildman–Crippen MR) is 96.9 cm³/mol. The van der Waals surface area contributed by atoms with Crippen molar-refractivity contribution in [2.24, 2.45) is 0 Å². The summed E-state index contributed by atoms with van der Waals surface area (Å²) in [5.74, 6) is 4.04. The van der Waals surface area contributed by atoms with Crippen LogP contribution in [0.25, 0.3) is 17.8 Å². The van der Waals surface area contributed by atoms with Gasteiger partial charge in [-0.25, -0.2) is 0 Å². The molecule has 0 saturated carbocycles. The Kier molecular flexibility index (Phi) is 2.89. The lowest BCUT2D eigenvalue weighted by Gasteiger charge is -2.32. The minimum atomic E-state index is 0.0994. The Hall–Kier alpha value is -3.12. The molecule has 1 N–H and O–H groups in total. The number of fused-ring (bicyclic) bond motifs is 7. The Labute approximate surface area is 155 Å². The molecule has 2 atom stereocenters. The monoisotopic (exact) mass is 364 g/mol. The second-order valence-electron chi connectivity index (χ2n) is 7.04. The molecule has 6 rings (SSSR count). The van der Waals surface area contributed by atoms with Crippen molar-refractivity contribution < 1.29 is 28.6 Å². The maximum Gasteiger partial charge on any atom is 0.231 e. The van der Waals surface area contributed by atoms with Crippen LogP contribution in [-0.4, -0.2) is 27.7 Å². The van der Waals surface area contributed by atoms with E-state index in [1.807, 2.05) is 12.1 Å². The quantitative estimate of drug-likeness (QED) is 0.789. The van der Waals surface area contributed by atoms with Gasteiger partial charge in [0.25, 0.3) is 0 Å². The lowest BCUT2D eigenvalue weighted by molar-refractivity contribution is -0.821. The van der Waals surface area contributed by atoms with Crippen molar-refractivity contribution in [3.05, 3.63) is 51.6 Å². The molecule has 0 aromatic heterocycles. The largest absolute Gasteiger partial charge is 0.496 e. The third kappa shape index (κ3) is 1.93. The molecular formula is C21H18NO5+. The van der Waals surface area contributed by atoms with Gasteiger partial charge in [0.15, 0.2) is 23.0 Å². The van der Waals surface area contributed by atoms with Crippen LogP contribution in [0, 0.1) is 0 Å². The van der Waals surface area contributed by atoms with E-state index >= 15 is 0 Å². The number of hydrogen-bond acceptors (Lipinski definition) is 5. The van der Waals surface area contributed by atoms with E-state index in [-0.39, 0.29) is 19.6 Å². The van der Waals surface area contributed by atoms with Crippen LogP contribution < -0.4 is 34.3 Å². The first kappa shape index (κ1) is 15.0. The molecular weight excluding hydrogens is 346 g/mol. The maximum absolute atomic E-state index is 5.81. The Balaban J connectivity index is 1.69. The Morgan fingerprint density at radius 2 is 1.78 bits per heavy atom. The lowest BCUT2D eigenvalue weighted by atomic mass is 9.83. The second kappa shape index (κ2) is 5.20. The Morgan fingerprint density at radius 3 is 2.63 bits per heavy atom. The molecule has 1 aliphatic carbocycles. The maximum atomic E-state index is 5.81. The number of methoxy groups -OCH3 is 1. The van der Waals surface area contributed by atoms with E-state index in [2.05, 4.69) is 31.5 Å². The van der Waals surface area contributed by atoms with Crippen LogP contribution in [-0.2, 0) is 4.74 Å². The van der Waals surface area contributed by atoms with Crippen LogP contribution in [0.5, 0.6) is 23.0 Å². The van der Waals surface area contributed by atoms with Gasteiger partial charge in [0.2, 0.25) is 13.6 Å². The van der Waals surface area contributed by atoms with Crippen molar-refractivity contribution in [1.82, 2.24) is 0 Å². The number of ether oxygens (including phenoxy) is 5. The van der Waals surface area contributed by atoms with E-state index in [9.17, 15) is 0 Å². The zero-order valence-corrected chi connectivity index (χ0v) is 15.0. The van der Waals surface area contributed by atoms with E-state index in [1.165, 1.54) is 10.5 Å². The molecule has 0 bridgehead atoms. The van der Waals surface area contributed by atoms with Crippen LogP contribution in [0.4, 0.5) is 0 Å². The molecule has 3 heterocycles. The summed E-state index contributed by atoms with van der Waals surface area (Å²) in [4.78, 5) is 1.23. The predicted octanol–water partition coefficient (Wildman–Crippen LogP) is 0.303. The molecule has 6 nitrogen and oxygen atoms in total. The highest BCUT2D eigenvalue weighted by Gasteiger charge is 2.38. The van der Waals surface area contributed by atoms with Gasteiger partial charge in [-0.15, -0.1) is 0 Å². The van der Waals surface area contributed by atoms with Gasteiger partial charge in [-0.2, -0.15) is 0 Å². The molecule has 6 heteroatoms. The minimum Gasteiger partial charge on any atom is -0.496 e. The van der Waals surface area contributed by atoms with Gasteiger partial charge in [0, 0.05) is 10.8 Å². The number of benzene rings is 2. The van der Waals surface area contributed by atoms with Crippen molar-refractivity contribution in [3.63, 3.8) is 0 Å².